The molecule has 6 nitrogen and oxygen atoms in total. The summed E-state index contributed by atoms with van der Waals surface area (Å²) in [5, 5.41) is 7.68. The first-order valence-corrected chi connectivity index (χ1v) is 15.5. The highest BCUT2D eigenvalue weighted by atomic mass is 16.2. The summed E-state index contributed by atoms with van der Waals surface area (Å²) in [6.45, 7) is 6.39. The van der Waals surface area contributed by atoms with E-state index in [1.54, 1.807) is 0 Å². The van der Waals surface area contributed by atoms with Crippen LogP contribution in [0.15, 0.2) is 109 Å². The van der Waals surface area contributed by atoms with Gasteiger partial charge >= 0.3 is 0 Å². The lowest BCUT2D eigenvalue weighted by Crippen LogP contribution is -2.42. The first kappa shape index (κ1) is 29.7. The molecule has 45 heavy (non-hydrogen) atoms. The minimum atomic E-state index is -0.324. The SMILES string of the molecule is CCc1ccc(-c2cc(C(=O)NC[C@@H](C)NC(=O)c3cc(-c4ccc(CC)cc4)nc4ccccc34)c3ccccc3n2)cc1. The van der Waals surface area contributed by atoms with E-state index in [1.807, 2.05) is 91.9 Å². The Hall–Kier alpha value is -5.36. The summed E-state index contributed by atoms with van der Waals surface area (Å²) in [5.74, 6) is -0.428. The van der Waals surface area contributed by atoms with Crippen LogP contribution in [0.3, 0.4) is 0 Å². The molecule has 0 saturated carbocycles. The van der Waals surface area contributed by atoms with Gasteiger partial charge in [0.15, 0.2) is 0 Å². The number of pyridine rings is 2. The molecule has 6 rings (SSSR count). The molecule has 0 radical (unpaired) electrons. The summed E-state index contributed by atoms with van der Waals surface area (Å²) < 4.78 is 0. The third kappa shape index (κ3) is 6.46. The van der Waals surface area contributed by atoms with Crippen LogP contribution in [0.25, 0.3) is 44.3 Å². The van der Waals surface area contributed by atoms with Gasteiger partial charge in [0, 0.05) is 34.5 Å². The zero-order chi connectivity index (χ0) is 31.3. The van der Waals surface area contributed by atoms with Crippen LogP contribution >= 0.6 is 0 Å². The number of benzene rings is 4. The molecule has 0 spiro atoms. The van der Waals surface area contributed by atoms with Crippen molar-refractivity contribution in [1.82, 2.24) is 20.6 Å². The number of hydrogen-bond acceptors (Lipinski definition) is 4. The summed E-state index contributed by atoms with van der Waals surface area (Å²) in [5.41, 5.74) is 8.50. The molecule has 0 aliphatic heterocycles. The normalized spacial score (nSPS) is 11.8. The number of carbonyl (C=O) groups excluding carboxylic acids is 2. The molecule has 224 valence electrons. The summed E-state index contributed by atoms with van der Waals surface area (Å²) in [6.07, 6.45) is 1.91. The van der Waals surface area contributed by atoms with Crippen molar-refractivity contribution in [1.29, 1.82) is 0 Å². The van der Waals surface area contributed by atoms with Gasteiger partial charge in [0.25, 0.3) is 11.8 Å². The van der Waals surface area contributed by atoms with E-state index in [-0.39, 0.29) is 24.4 Å². The Morgan fingerprint density at radius 1 is 0.622 bits per heavy atom. The number of nitrogens with one attached hydrogen (secondary N) is 2. The minimum absolute atomic E-state index is 0.214. The van der Waals surface area contributed by atoms with Crippen molar-refractivity contribution in [2.75, 3.05) is 6.54 Å². The second-order valence-corrected chi connectivity index (χ2v) is 11.3. The van der Waals surface area contributed by atoms with E-state index in [2.05, 4.69) is 48.7 Å². The van der Waals surface area contributed by atoms with Gasteiger partial charge in [-0.2, -0.15) is 0 Å². The number of nitrogens with zero attached hydrogens (tertiary/aromatic N) is 2. The van der Waals surface area contributed by atoms with Gasteiger partial charge < -0.3 is 10.6 Å². The summed E-state index contributed by atoms with van der Waals surface area (Å²) in [4.78, 5) is 36.9. The van der Waals surface area contributed by atoms with Crippen molar-refractivity contribution in [2.45, 2.75) is 39.7 Å². The van der Waals surface area contributed by atoms with Crippen molar-refractivity contribution in [3.63, 3.8) is 0 Å². The van der Waals surface area contributed by atoms with Gasteiger partial charge in [-0.25, -0.2) is 9.97 Å². The molecule has 4 aromatic carbocycles. The quantitative estimate of drug-likeness (QED) is 0.180. The topological polar surface area (TPSA) is 84.0 Å². The van der Waals surface area contributed by atoms with Crippen LogP contribution in [-0.4, -0.2) is 34.4 Å². The molecular weight excluding hydrogens is 556 g/mol. The fourth-order valence-corrected chi connectivity index (χ4v) is 5.54. The largest absolute Gasteiger partial charge is 0.350 e. The summed E-state index contributed by atoms with van der Waals surface area (Å²) in [7, 11) is 0. The maximum Gasteiger partial charge on any atom is 0.252 e. The van der Waals surface area contributed by atoms with E-state index in [1.165, 1.54) is 11.1 Å². The molecule has 2 heterocycles. The van der Waals surface area contributed by atoms with Crippen molar-refractivity contribution in [3.05, 3.63) is 131 Å². The number of hydrogen-bond donors (Lipinski definition) is 2. The molecule has 2 aromatic heterocycles. The molecule has 0 fully saturated rings. The number of aryl methyl sites for hydroxylation is 2. The van der Waals surface area contributed by atoms with E-state index < -0.39 is 0 Å². The molecule has 0 saturated heterocycles. The van der Waals surface area contributed by atoms with Gasteiger partial charge in [-0.1, -0.05) is 98.8 Å². The molecule has 6 aromatic rings. The Balaban J connectivity index is 1.21. The van der Waals surface area contributed by atoms with Crippen LogP contribution in [0.1, 0.15) is 52.6 Å². The fraction of sp³-hybridized carbons (Fsp3) is 0.179. The predicted octanol–water partition coefficient (Wildman–Crippen LogP) is 7.79. The average Bonchev–Trinajstić information content (AvgIpc) is 3.09. The van der Waals surface area contributed by atoms with Gasteiger partial charge in [0.1, 0.15) is 0 Å². The Bertz CT molecular complexity index is 2000. The lowest BCUT2D eigenvalue weighted by Gasteiger charge is -2.17. The minimum Gasteiger partial charge on any atom is -0.350 e. The third-order valence-corrected chi connectivity index (χ3v) is 8.18. The molecule has 1 atom stereocenters. The second kappa shape index (κ2) is 13.1. The lowest BCUT2D eigenvalue weighted by molar-refractivity contribution is 0.0914. The zero-order valence-corrected chi connectivity index (χ0v) is 25.8. The maximum atomic E-state index is 13.6. The second-order valence-electron chi connectivity index (χ2n) is 11.3. The first-order valence-electron chi connectivity index (χ1n) is 15.5. The van der Waals surface area contributed by atoms with Gasteiger partial charge in [0.05, 0.1) is 33.5 Å². The average molecular weight is 593 g/mol. The Labute approximate surface area is 263 Å². The van der Waals surface area contributed by atoms with Gasteiger partial charge in [-0.3, -0.25) is 9.59 Å². The number of carbonyl (C=O) groups is 2. The van der Waals surface area contributed by atoms with Crippen molar-refractivity contribution >= 4 is 33.6 Å². The first-order chi connectivity index (χ1) is 21.9. The van der Waals surface area contributed by atoms with Crippen LogP contribution < -0.4 is 10.6 Å². The summed E-state index contributed by atoms with van der Waals surface area (Å²) in [6, 6.07) is 35.2. The molecule has 0 unspecified atom stereocenters. The van der Waals surface area contributed by atoms with E-state index in [4.69, 9.17) is 9.97 Å². The molecule has 2 amide bonds. The zero-order valence-electron chi connectivity index (χ0n) is 25.8. The molecule has 0 aliphatic carbocycles. The molecule has 2 N–H and O–H groups in total. The number of aromatic nitrogens is 2. The molecule has 0 bridgehead atoms. The van der Waals surface area contributed by atoms with Crippen molar-refractivity contribution < 1.29 is 9.59 Å². The van der Waals surface area contributed by atoms with Gasteiger partial charge in [-0.05, 0) is 55.2 Å². The van der Waals surface area contributed by atoms with Gasteiger partial charge in [-0.15, -0.1) is 0 Å². The predicted molar refractivity (Wildman–Crippen MR) is 182 cm³/mol. The van der Waals surface area contributed by atoms with E-state index in [0.717, 1.165) is 57.2 Å². The van der Waals surface area contributed by atoms with Crippen LogP contribution in [0, 0.1) is 0 Å². The maximum absolute atomic E-state index is 13.6. The Morgan fingerprint density at radius 2 is 1.07 bits per heavy atom. The van der Waals surface area contributed by atoms with Crippen LogP contribution in [0.5, 0.6) is 0 Å². The number of rotatable bonds is 9. The third-order valence-electron chi connectivity index (χ3n) is 8.18. The molecule has 6 heteroatoms. The lowest BCUT2D eigenvalue weighted by atomic mass is 10.0. The standard InChI is InChI=1S/C39H36N4O2/c1-4-26-14-18-28(19-15-26)36-22-32(30-10-6-8-12-34(30)42-36)38(44)40-24-25(3)41-39(45)33-23-37(29-20-16-27(5-2)17-21-29)43-35-13-9-7-11-31(33)35/h6-23,25H,4-5,24H2,1-3H3,(H,40,44)(H,41,45)/t25-/m1/s1. The fourth-order valence-electron chi connectivity index (χ4n) is 5.54. The van der Waals surface area contributed by atoms with E-state index in [9.17, 15) is 9.59 Å². The van der Waals surface area contributed by atoms with E-state index >= 15 is 0 Å². The van der Waals surface area contributed by atoms with Crippen LogP contribution in [0.4, 0.5) is 0 Å². The number of fused-ring (bicyclic) bond motifs is 2. The van der Waals surface area contributed by atoms with Crippen molar-refractivity contribution in [3.8, 4) is 22.5 Å². The number of amides is 2. The summed E-state index contributed by atoms with van der Waals surface area (Å²) >= 11 is 0. The molecular formula is C39H36N4O2. The van der Waals surface area contributed by atoms with E-state index in [0.29, 0.717) is 11.1 Å². The van der Waals surface area contributed by atoms with Crippen LogP contribution in [0.2, 0.25) is 0 Å². The van der Waals surface area contributed by atoms with Gasteiger partial charge in [0.2, 0.25) is 0 Å². The highest BCUT2D eigenvalue weighted by Gasteiger charge is 2.18. The van der Waals surface area contributed by atoms with Crippen molar-refractivity contribution in [2.24, 2.45) is 0 Å². The number of para-hydroxylation sites is 2. The Kier molecular flexibility index (Phi) is 8.65. The monoisotopic (exact) mass is 592 g/mol. The highest BCUT2D eigenvalue weighted by molar-refractivity contribution is 6.08. The Morgan fingerprint density at radius 3 is 1.53 bits per heavy atom. The highest BCUT2D eigenvalue weighted by Crippen LogP contribution is 2.27. The smallest absolute Gasteiger partial charge is 0.252 e. The molecule has 0 aliphatic rings. The van der Waals surface area contributed by atoms with Crippen LogP contribution in [-0.2, 0) is 12.8 Å².